The van der Waals surface area contributed by atoms with Gasteiger partial charge in [0.25, 0.3) is 0 Å². The molecule has 2 aromatic carbocycles. The molecule has 0 fully saturated rings. The van der Waals surface area contributed by atoms with Crippen LogP contribution in [0, 0.1) is 18.3 Å². The summed E-state index contributed by atoms with van der Waals surface area (Å²) in [6.07, 6.45) is 0.392. The van der Waals surface area contributed by atoms with E-state index in [0.29, 0.717) is 24.2 Å². The largest absolute Gasteiger partial charge is 0.326 e. The molecule has 0 aliphatic heterocycles. The Morgan fingerprint density at radius 3 is 2.77 bits per heavy atom. The van der Waals surface area contributed by atoms with E-state index in [-0.39, 0.29) is 5.91 Å². The number of carbonyl (C=O) groups excluding carboxylic acids is 1. The number of hydrogen-bond donors (Lipinski definition) is 2. The van der Waals surface area contributed by atoms with Crippen molar-refractivity contribution in [2.75, 3.05) is 11.9 Å². The van der Waals surface area contributed by atoms with Crippen molar-refractivity contribution in [1.29, 1.82) is 5.26 Å². The number of carbonyl (C=O) groups is 1. The zero-order chi connectivity index (χ0) is 15.8. The van der Waals surface area contributed by atoms with E-state index < -0.39 is 0 Å². The molecule has 0 aliphatic rings. The van der Waals surface area contributed by atoms with Gasteiger partial charge in [0.15, 0.2) is 0 Å². The van der Waals surface area contributed by atoms with Crippen molar-refractivity contribution in [3.63, 3.8) is 0 Å². The first-order valence-electron chi connectivity index (χ1n) is 7.24. The minimum Gasteiger partial charge on any atom is -0.326 e. The van der Waals surface area contributed by atoms with Crippen LogP contribution in [0.3, 0.4) is 0 Å². The number of hydrogen-bond acceptors (Lipinski definition) is 3. The first kappa shape index (κ1) is 15.7. The molecule has 22 heavy (non-hydrogen) atoms. The fraction of sp³-hybridized carbons (Fsp3) is 0.222. The van der Waals surface area contributed by atoms with Crippen LogP contribution in [0.1, 0.15) is 23.1 Å². The number of aryl methyl sites for hydroxylation is 1. The highest BCUT2D eigenvalue weighted by atomic mass is 16.1. The Kier molecular flexibility index (Phi) is 5.70. The SMILES string of the molecule is Cc1ccccc1CNCCC(=O)Nc1cccc(C#N)c1. The molecule has 4 nitrogen and oxygen atoms in total. The van der Waals surface area contributed by atoms with Gasteiger partial charge in [0.05, 0.1) is 11.6 Å². The summed E-state index contributed by atoms with van der Waals surface area (Å²) in [4.78, 5) is 11.9. The first-order valence-corrected chi connectivity index (χ1v) is 7.24. The maximum Gasteiger partial charge on any atom is 0.225 e. The number of rotatable bonds is 6. The van der Waals surface area contributed by atoms with E-state index in [0.717, 1.165) is 6.54 Å². The van der Waals surface area contributed by atoms with Crippen LogP contribution in [-0.4, -0.2) is 12.5 Å². The maximum absolute atomic E-state index is 11.9. The molecule has 1 amide bonds. The van der Waals surface area contributed by atoms with Crippen LogP contribution in [-0.2, 0) is 11.3 Å². The van der Waals surface area contributed by atoms with E-state index >= 15 is 0 Å². The number of benzene rings is 2. The molecule has 2 aromatic rings. The van der Waals surface area contributed by atoms with Crippen LogP contribution in [0.5, 0.6) is 0 Å². The van der Waals surface area contributed by atoms with Crippen LogP contribution in [0.4, 0.5) is 5.69 Å². The Morgan fingerprint density at radius 1 is 1.18 bits per heavy atom. The molecule has 0 radical (unpaired) electrons. The fourth-order valence-electron chi connectivity index (χ4n) is 2.12. The molecule has 0 heterocycles. The third kappa shape index (κ3) is 4.72. The monoisotopic (exact) mass is 293 g/mol. The predicted molar refractivity (Wildman–Crippen MR) is 87.3 cm³/mol. The average Bonchev–Trinajstić information content (AvgIpc) is 2.53. The standard InChI is InChI=1S/C18H19N3O/c1-14-5-2-3-7-16(14)13-20-10-9-18(22)21-17-8-4-6-15(11-17)12-19/h2-8,11,20H,9-10,13H2,1H3,(H,21,22). The quantitative estimate of drug-likeness (QED) is 0.805. The van der Waals surface area contributed by atoms with Crippen molar-refractivity contribution in [2.45, 2.75) is 19.9 Å². The van der Waals surface area contributed by atoms with Gasteiger partial charge in [0.1, 0.15) is 0 Å². The summed E-state index contributed by atoms with van der Waals surface area (Å²) < 4.78 is 0. The lowest BCUT2D eigenvalue weighted by atomic mass is 10.1. The van der Waals surface area contributed by atoms with Gasteiger partial charge in [-0.2, -0.15) is 5.26 Å². The van der Waals surface area contributed by atoms with Crippen LogP contribution in [0.15, 0.2) is 48.5 Å². The van der Waals surface area contributed by atoms with E-state index in [1.807, 2.05) is 12.1 Å². The Bertz CT molecular complexity index is 689. The van der Waals surface area contributed by atoms with Gasteiger partial charge in [-0.3, -0.25) is 4.79 Å². The zero-order valence-electron chi connectivity index (χ0n) is 12.6. The van der Waals surface area contributed by atoms with E-state index in [4.69, 9.17) is 5.26 Å². The maximum atomic E-state index is 11.9. The van der Waals surface area contributed by atoms with Crippen molar-refractivity contribution in [1.82, 2.24) is 5.32 Å². The summed E-state index contributed by atoms with van der Waals surface area (Å²) in [6.45, 7) is 3.44. The van der Waals surface area contributed by atoms with Gasteiger partial charge in [0, 0.05) is 25.2 Å². The molecule has 0 aromatic heterocycles. The topological polar surface area (TPSA) is 64.9 Å². The molecule has 0 atom stereocenters. The summed E-state index contributed by atoms with van der Waals surface area (Å²) in [6, 6.07) is 17.1. The van der Waals surface area contributed by atoms with Gasteiger partial charge in [0.2, 0.25) is 5.91 Å². The number of nitriles is 1. The number of anilines is 1. The molecule has 0 aliphatic carbocycles. The van der Waals surface area contributed by atoms with Gasteiger partial charge < -0.3 is 10.6 Å². The van der Waals surface area contributed by atoms with E-state index in [1.165, 1.54) is 11.1 Å². The second-order valence-corrected chi connectivity index (χ2v) is 5.09. The van der Waals surface area contributed by atoms with Crippen molar-refractivity contribution in [3.05, 3.63) is 65.2 Å². The van der Waals surface area contributed by atoms with E-state index in [9.17, 15) is 4.79 Å². The summed E-state index contributed by atoms with van der Waals surface area (Å²) in [5.74, 6) is -0.0626. The second kappa shape index (κ2) is 7.96. The van der Waals surface area contributed by atoms with Gasteiger partial charge in [-0.1, -0.05) is 30.3 Å². The molecule has 0 saturated carbocycles. The Balaban J connectivity index is 1.74. The number of nitrogens with one attached hydrogen (secondary N) is 2. The fourth-order valence-corrected chi connectivity index (χ4v) is 2.12. The smallest absolute Gasteiger partial charge is 0.225 e. The van der Waals surface area contributed by atoms with E-state index in [1.54, 1.807) is 24.3 Å². The number of amides is 1. The molecule has 0 unspecified atom stereocenters. The van der Waals surface area contributed by atoms with Crippen molar-refractivity contribution in [2.24, 2.45) is 0 Å². The Labute approximate surface area is 130 Å². The minimum absolute atomic E-state index is 0.0626. The second-order valence-electron chi connectivity index (χ2n) is 5.09. The molecular formula is C18H19N3O. The highest BCUT2D eigenvalue weighted by Crippen LogP contribution is 2.10. The lowest BCUT2D eigenvalue weighted by molar-refractivity contribution is -0.116. The summed E-state index contributed by atoms with van der Waals surface area (Å²) in [5.41, 5.74) is 3.68. The van der Waals surface area contributed by atoms with Gasteiger partial charge in [-0.15, -0.1) is 0 Å². The first-order chi connectivity index (χ1) is 10.7. The van der Waals surface area contributed by atoms with E-state index in [2.05, 4.69) is 35.8 Å². The van der Waals surface area contributed by atoms with Gasteiger partial charge in [-0.25, -0.2) is 0 Å². The third-order valence-corrected chi connectivity index (χ3v) is 3.38. The molecule has 2 N–H and O–H groups in total. The van der Waals surface area contributed by atoms with Gasteiger partial charge >= 0.3 is 0 Å². The van der Waals surface area contributed by atoms with Crippen LogP contribution in [0.25, 0.3) is 0 Å². The van der Waals surface area contributed by atoms with Crippen LogP contribution < -0.4 is 10.6 Å². The Hall–Kier alpha value is -2.64. The normalized spacial score (nSPS) is 10.0. The van der Waals surface area contributed by atoms with Crippen molar-refractivity contribution < 1.29 is 4.79 Å². The molecular weight excluding hydrogens is 274 g/mol. The molecule has 4 heteroatoms. The van der Waals surface area contributed by atoms with Crippen molar-refractivity contribution in [3.8, 4) is 6.07 Å². The Morgan fingerprint density at radius 2 is 2.00 bits per heavy atom. The molecule has 0 saturated heterocycles. The van der Waals surface area contributed by atoms with Gasteiger partial charge in [-0.05, 0) is 36.2 Å². The highest BCUT2D eigenvalue weighted by Gasteiger charge is 2.03. The molecule has 112 valence electrons. The summed E-state index contributed by atoms with van der Waals surface area (Å²) >= 11 is 0. The summed E-state index contributed by atoms with van der Waals surface area (Å²) in [5, 5.41) is 14.9. The molecule has 0 spiro atoms. The predicted octanol–water partition coefficient (Wildman–Crippen LogP) is 2.99. The number of nitrogens with zero attached hydrogens (tertiary/aromatic N) is 1. The lowest BCUT2D eigenvalue weighted by Gasteiger charge is -2.08. The average molecular weight is 293 g/mol. The minimum atomic E-state index is -0.0626. The molecule has 2 rings (SSSR count). The zero-order valence-corrected chi connectivity index (χ0v) is 12.6. The van der Waals surface area contributed by atoms with Crippen molar-refractivity contribution >= 4 is 11.6 Å². The van der Waals surface area contributed by atoms with Crippen LogP contribution in [0.2, 0.25) is 0 Å². The lowest BCUT2D eigenvalue weighted by Crippen LogP contribution is -2.21. The van der Waals surface area contributed by atoms with Crippen LogP contribution >= 0.6 is 0 Å². The molecule has 0 bridgehead atoms. The highest BCUT2D eigenvalue weighted by molar-refractivity contribution is 5.90. The third-order valence-electron chi connectivity index (χ3n) is 3.38. The summed E-state index contributed by atoms with van der Waals surface area (Å²) in [7, 11) is 0.